The molecule has 3 aromatic rings. The summed E-state index contributed by atoms with van der Waals surface area (Å²) < 4.78 is 47.4. The lowest BCUT2D eigenvalue weighted by Gasteiger charge is -2.33. The molecule has 1 aromatic carbocycles. The van der Waals surface area contributed by atoms with Crippen molar-refractivity contribution >= 4 is 50.2 Å². The number of ether oxygens (including phenoxy) is 1. The Kier molecular flexibility index (Phi) is 5.91. The number of alkyl halides is 3. The third-order valence-corrected chi connectivity index (χ3v) is 7.08. The molecule has 2 aromatic heterocycles. The number of thiazole rings is 1. The fourth-order valence-electron chi connectivity index (χ4n) is 4.07. The Balaban J connectivity index is 1.12. The lowest BCUT2D eigenvalue weighted by Crippen LogP contribution is -2.38. The van der Waals surface area contributed by atoms with Crippen molar-refractivity contribution in [2.75, 3.05) is 23.3 Å². The van der Waals surface area contributed by atoms with Crippen LogP contribution in [0.2, 0.25) is 5.02 Å². The predicted molar refractivity (Wildman–Crippen MR) is 115 cm³/mol. The van der Waals surface area contributed by atoms with E-state index in [1.54, 1.807) is 12.1 Å². The zero-order valence-electron chi connectivity index (χ0n) is 17.1. The van der Waals surface area contributed by atoms with Crippen molar-refractivity contribution in [2.45, 2.75) is 44.1 Å². The lowest BCUT2D eigenvalue weighted by molar-refractivity contribution is -0.352. The Bertz CT molecular complexity index is 1160. The SMILES string of the molecule is O=C(Nc1nc2cc(Cl)ccc2s1)C1CCN(c2nnc(C3CC(OC(F)(F)F)C3)o2)CC1. The molecule has 33 heavy (non-hydrogen) atoms. The van der Waals surface area contributed by atoms with E-state index < -0.39 is 12.5 Å². The van der Waals surface area contributed by atoms with Gasteiger partial charge in [0.2, 0.25) is 11.8 Å². The van der Waals surface area contributed by atoms with Crippen LogP contribution >= 0.6 is 22.9 Å². The highest BCUT2D eigenvalue weighted by Gasteiger charge is 2.42. The summed E-state index contributed by atoms with van der Waals surface area (Å²) in [5, 5.41) is 12.0. The van der Waals surface area contributed by atoms with Crippen LogP contribution in [0.3, 0.4) is 0 Å². The van der Waals surface area contributed by atoms with Crippen molar-refractivity contribution in [3.05, 3.63) is 29.1 Å². The maximum Gasteiger partial charge on any atom is 0.522 e. The molecule has 13 heteroatoms. The molecule has 8 nitrogen and oxygen atoms in total. The summed E-state index contributed by atoms with van der Waals surface area (Å²) in [5.41, 5.74) is 0.743. The zero-order valence-corrected chi connectivity index (χ0v) is 18.7. The zero-order chi connectivity index (χ0) is 23.2. The van der Waals surface area contributed by atoms with E-state index in [2.05, 4.69) is 25.2 Å². The second-order valence-corrected chi connectivity index (χ2v) is 9.63. The van der Waals surface area contributed by atoms with Crippen LogP contribution in [0.5, 0.6) is 0 Å². The minimum Gasteiger partial charge on any atom is -0.408 e. The van der Waals surface area contributed by atoms with Gasteiger partial charge in [0, 0.05) is 29.9 Å². The number of carbonyl (C=O) groups is 1. The molecular formula is C20H19ClF3N5O3S. The number of nitrogens with one attached hydrogen (secondary N) is 1. The first-order valence-corrected chi connectivity index (χ1v) is 11.6. The molecule has 5 rings (SSSR count). The topological polar surface area (TPSA) is 93.4 Å². The summed E-state index contributed by atoms with van der Waals surface area (Å²) in [5.74, 6) is -0.171. The van der Waals surface area contributed by atoms with Crippen molar-refractivity contribution in [1.29, 1.82) is 0 Å². The smallest absolute Gasteiger partial charge is 0.408 e. The van der Waals surface area contributed by atoms with Crippen LogP contribution < -0.4 is 10.2 Å². The first-order chi connectivity index (χ1) is 15.7. The molecule has 1 saturated carbocycles. The fourth-order valence-corrected chi connectivity index (χ4v) is 5.08. The van der Waals surface area contributed by atoms with Gasteiger partial charge in [0.15, 0.2) is 5.13 Å². The molecule has 0 spiro atoms. The van der Waals surface area contributed by atoms with E-state index >= 15 is 0 Å². The van der Waals surface area contributed by atoms with E-state index in [-0.39, 0.29) is 30.6 Å². The van der Waals surface area contributed by atoms with Crippen LogP contribution in [0, 0.1) is 5.92 Å². The lowest BCUT2D eigenvalue weighted by atomic mass is 9.82. The van der Waals surface area contributed by atoms with Crippen LogP contribution in [-0.4, -0.2) is 46.6 Å². The van der Waals surface area contributed by atoms with Crippen molar-refractivity contribution in [1.82, 2.24) is 15.2 Å². The van der Waals surface area contributed by atoms with Crippen molar-refractivity contribution in [2.24, 2.45) is 5.92 Å². The van der Waals surface area contributed by atoms with Gasteiger partial charge < -0.3 is 14.6 Å². The standard InChI is InChI=1S/C20H19ClF3N5O3S/c21-12-1-2-15-14(9-12)25-18(33-15)26-16(30)10-3-5-29(6-4-10)19-28-27-17(31-19)11-7-13(8-11)32-20(22,23)24/h1-2,9-11,13H,3-8H2,(H,25,26,30). The van der Waals surface area contributed by atoms with Crippen molar-refractivity contribution in [3.8, 4) is 0 Å². The van der Waals surface area contributed by atoms with Crippen LogP contribution in [0.4, 0.5) is 24.3 Å². The highest BCUT2D eigenvalue weighted by Crippen LogP contribution is 2.41. The molecule has 1 amide bonds. The number of hydrogen-bond donors (Lipinski definition) is 1. The number of halogens is 4. The van der Waals surface area contributed by atoms with Crippen LogP contribution in [0.1, 0.15) is 37.5 Å². The van der Waals surface area contributed by atoms with Crippen LogP contribution in [0.15, 0.2) is 22.6 Å². The summed E-state index contributed by atoms with van der Waals surface area (Å²) in [6.07, 6.45) is -3.90. The molecule has 0 unspecified atom stereocenters. The number of aromatic nitrogens is 3. The molecule has 1 N–H and O–H groups in total. The van der Waals surface area contributed by atoms with Gasteiger partial charge in [-0.1, -0.05) is 28.0 Å². The molecule has 1 aliphatic heterocycles. The van der Waals surface area contributed by atoms with E-state index in [0.717, 1.165) is 10.2 Å². The maximum atomic E-state index is 12.7. The number of amides is 1. The Morgan fingerprint density at radius 3 is 2.73 bits per heavy atom. The number of carbonyl (C=O) groups excluding carboxylic acids is 1. The molecule has 2 aliphatic rings. The summed E-state index contributed by atoms with van der Waals surface area (Å²) >= 11 is 7.38. The minimum absolute atomic E-state index is 0.0869. The Labute approximate surface area is 195 Å². The summed E-state index contributed by atoms with van der Waals surface area (Å²) in [6, 6.07) is 5.74. The van der Waals surface area contributed by atoms with Crippen LogP contribution in [-0.2, 0) is 9.53 Å². The van der Waals surface area contributed by atoms with Gasteiger partial charge in [0.1, 0.15) is 0 Å². The molecule has 176 valence electrons. The maximum absolute atomic E-state index is 12.7. The monoisotopic (exact) mass is 501 g/mol. The number of nitrogens with zero attached hydrogens (tertiary/aromatic N) is 4. The molecule has 2 fully saturated rings. The number of piperidine rings is 1. The largest absolute Gasteiger partial charge is 0.522 e. The number of benzene rings is 1. The van der Waals surface area contributed by atoms with Gasteiger partial charge in [-0.2, -0.15) is 0 Å². The van der Waals surface area contributed by atoms with Crippen LogP contribution in [0.25, 0.3) is 10.2 Å². The Morgan fingerprint density at radius 2 is 2.00 bits per heavy atom. The van der Waals surface area contributed by atoms with Crippen molar-refractivity contribution in [3.63, 3.8) is 0 Å². The first-order valence-electron chi connectivity index (χ1n) is 10.4. The third kappa shape index (κ3) is 5.07. The Morgan fingerprint density at radius 1 is 1.24 bits per heavy atom. The summed E-state index contributed by atoms with van der Waals surface area (Å²) in [7, 11) is 0. The number of fused-ring (bicyclic) bond motifs is 1. The Hall–Kier alpha value is -2.44. The molecule has 0 radical (unpaired) electrons. The predicted octanol–water partition coefficient (Wildman–Crippen LogP) is 4.97. The summed E-state index contributed by atoms with van der Waals surface area (Å²) in [6.45, 7) is 1.11. The minimum atomic E-state index is -4.63. The van der Waals surface area contributed by atoms with Gasteiger partial charge >= 0.3 is 12.4 Å². The molecule has 1 saturated heterocycles. The molecule has 0 bridgehead atoms. The quantitative estimate of drug-likeness (QED) is 0.527. The van der Waals surface area contributed by atoms with Crippen molar-refractivity contribution < 1.29 is 27.1 Å². The first kappa shape index (κ1) is 22.4. The molecule has 3 heterocycles. The van der Waals surface area contributed by atoms with Gasteiger partial charge in [0.25, 0.3) is 0 Å². The van der Waals surface area contributed by atoms with E-state index in [9.17, 15) is 18.0 Å². The number of anilines is 2. The van der Waals surface area contributed by atoms with E-state index in [4.69, 9.17) is 16.0 Å². The van der Waals surface area contributed by atoms with E-state index in [1.165, 1.54) is 11.3 Å². The van der Waals surface area contributed by atoms with Gasteiger partial charge in [-0.15, -0.1) is 18.3 Å². The second-order valence-electron chi connectivity index (χ2n) is 8.16. The number of hydrogen-bond acceptors (Lipinski definition) is 8. The molecule has 1 aliphatic carbocycles. The molecule has 0 atom stereocenters. The van der Waals surface area contributed by atoms with Gasteiger partial charge in [-0.05, 0) is 43.9 Å². The van der Waals surface area contributed by atoms with Gasteiger partial charge in [-0.3, -0.25) is 9.53 Å². The number of rotatable bonds is 5. The second kappa shape index (κ2) is 8.73. The van der Waals surface area contributed by atoms with Gasteiger partial charge in [-0.25, -0.2) is 4.98 Å². The normalized spacial score (nSPS) is 21.9. The van der Waals surface area contributed by atoms with E-state index in [0.29, 0.717) is 48.0 Å². The van der Waals surface area contributed by atoms with Gasteiger partial charge in [0.05, 0.1) is 16.3 Å². The average molecular weight is 502 g/mol. The van der Waals surface area contributed by atoms with E-state index in [1.807, 2.05) is 11.0 Å². The fraction of sp³-hybridized carbons (Fsp3) is 0.500. The average Bonchev–Trinajstić information content (AvgIpc) is 3.36. The third-order valence-electron chi connectivity index (χ3n) is 5.89. The highest BCUT2D eigenvalue weighted by atomic mass is 35.5. The summed E-state index contributed by atoms with van der Waals surface area (Å²) in [4.78, 5) is 19.0. The highest BCUT2D eigenvalue weighted by molar-refractivity contribution is 7.22. The molecular weight excluding hydrogens is 483 g/mol.